The largest absolute Gasteiger partial charge is 0.490 e. The van der Waals surface area contributed by atoms with Gasteiger partial charge >= 0.3 is 0 Å². The van der Waals surface area contributed by atoms with Crippen molar-refractivity contribution in [1.82, 2.24) is 9.80 Å². The molecule has 0 bridgehead atoms. The van der Waals surface area contributed by atoms with Gasteiger partial charge in [-0.25, -0.2) is 0 Å². The lowest BCUT2D eigenvalue weighted by atomic mass is 10.00. The van der Waals surface area contributed by atoms with E-state index in [2.05, 4.69) is 12.6 Å². The van der Waals surface area contributed by atoms with Crippen LogP contribution in [-0.4, -0.2) is 53.2 Å². The highest BCUT2D eigenvalue weighted by atomic mass is 35.5. The Balaban J connectivity index is 1.49. The van der Waals surface area contributed by atoms with Crippen LogP contribution >= 0.6 is 23.4 Å². The molecule has 0 unspecified atom stereocenters. The third-order valence-corrected chi connectivity index (χ3v) is 6.81. The first-order valence-electron chi connectivity index (χ1n) is 11.2. The van der Waals surface area contributed by atoms with Crippen LogP contribution in [0.25, 0.3) is 6.08 Å². The Morgan fingerprint density at radius 1 is 1.20 bits per heavy atom. The fraction of sp³-hybridized carbons (Fsp3) is 0.269. The zero-order valence-electron chi connectivity index (χ0n) is 19.3. The molecular formula is C26H25ClN2O5S. The predicted molar refractivity (Wildman–Crippen MR) is 137 cm³/mol. The van der Waals surface area contributed by atoms with Crippen molar-refractivity contribution in [2.45, 2.75) is 19.9 Å². The summed E-state index contributed by atoms with van der Waals surface area (Å²) in [5.74, 6) is 0.0422. The Hall–Kier alpha value is -3.23. The second-order valence-corrected chi connectivity index (χ2v) is 9.36. The summed E-state index contributed by atoms with van der Waals surface area (Å²) in [6.45, 7) is 6.85. The Morgan fingerprint density at radius 2 is 1.97 bits per heavy atom. The third kappa shape index (κ3) is 5.55. The quantitative estimate of drug-likeness (QED) is 0.369. The van der Waals surface area contributed by atoms with Gasteiger partial charge in [0.15, 0.2) is 11.5 Å². The van der Waals surface area contributed by atoms with Crippen LogP contribution in [0.4, 0.5) is 4.79 Å². The van der Waals surface area contributed by atoms with Gasteiger partial charge in [0.25, 0.3) is 11.1 Å². The highest BCUT2D eigenvalue weighted by Crippen LogP contribution is 2.39. The topological polar surface area (TPSA) is 76.2 Å². The standard InChI is InChI=1S/C26H25ClN2O5S/c1-3-11-34-24-20(27)12-17(13-21(24)33-4-2)14-22-25(31)29(26(32)35-22)16-23(30)28-10-9-18-7-5-6-8-19(18)15-28/h3,5-8,12-14H,1,4,9-11,15-16H2,2H3/b22-14+. The van der Waals surface area contributed by atoms with Gasteiger partial charge < -0.3 is 14.4 Å². The maximum Gasteiger partial charge on any atom is 0.294 e. The molecule has 1 saturated heterocycles. The van der Waals surface area contributed by atoms with Crippen LogP contribution in [0.5, 0.6) is 11.5 Å². The maximum atomic E-state index is 13.0. The van der Waals surface area contributed by atoms with Crippen LogP contribution in [0.3, 0.4) is 0 Å². The maximum absolute atomic E-state index is 13.0. The number of carbonyl (C=O) groups is 3. The molecule has 182 valence electrons. The van der Waals surface area contributed by atoms with Crippen LogP contribution in [0.15, 0.2) is 54.0 Å². The lowest BCUT2D eigenvalue weighted by molar-refractivity contribution is -0.136. The summed E-state index contributed by atoms with van der Waals surface area (Å²) in [6, 6.07) is 11.3. The summed E-state index contributed by atoms with van der Waals surface area (Å²) in [4.78, 5) is 41.4. The van der Waals surface area contributed by atoms with E-state index in [1.165, 1.54) is 5.56 Å². The van der Waals surface area contributed by atoms with Crippen LogP contribution in [0, 0.1) is 0 Å². The van der Waals surface area contributed by atoms with Crippen molar-refractivity contribution in [1.29, 1.82) is 0 Å². The van der Waals surface area contributed by atoms with Crippen LogP contribution in [0.1, 0.15) is 23.6 Å². The van der Waals surface area contributed by atoms with Gasteiger partial charge in [0, 0.05) is 13.1 Å². The molecular weight excluding hydrogens is 488 g/mol. The number of halogens is 1. The zero-order chi connectivity index (χ0) is 24.9. The molecule has 3 amide bonds. The molecule has 0 N–H and O–H groups in total. The SMILES string of the molecule is C=CCOc1c(Cl)cc(/C=C2/SC(=O)N(CC(=O)N3CCc4ccccc4C3)C2=O)cc1OCC. The summed E-state index contributed by atoms with van der Waals surface area (Å²) in [5, 5.41) is -0.169. The molecule has 9 heteroatoms. The average Bonchev–Trinajstić information content (AvgIpc) is 3.10. The molecule has 2 heterocycles. The molecule has 7 nitrogen and oxygen atoms in total. The first-order valence-corrected chi connectivity index (χ1v) is 12.4. The third-order valence-electron chi connectivity index (χ3n) is 5.63. The Bertz CT molecular complexity index is 1210. The Morgan fingerprint density at radius 3 is 2.71 bits per heavy atom. The van der Waals surface area contributed by atoms with Crippen molar-refractivity contribution in [2.24, 2.45) is 0 Å². The Kier molecular flexibility index (Phi) is 7.83. The molecule has 2 aliphatic heterocycles. The molecule has 0 aliphatic carbocycles. The lowest BCUT2D eigenvalue weighted by Gasteiger charge is -2.29. The van der Waals surface area contributed by atoms with E-state index < -0.39 is 11.1 Å². The fourth-order valence-corrected chi connectivity index (χ4v) is 5.06. The van der Waals surface area contributed by atoms with E-state index in [1.807, 2.05) is 25.1 Å². The molecule has 0 aromatic heterocycles. The predicted octanol–water partition coefficient (Wildman–Crippen LogP) is 4.92. The Labute approximate surface area is 213 Å². The molecule has 0 spiro atoms. The fourth-order valence-electron chi connectivity index (χ4n) is 3.95. The number of hydrogen-bond donors (Lipinski definition) is 0. The van der Waals surface area contributed by atoms with E-state index in [1.54, 1.807) is 29.2 Å². The number of fused-ring (bicyclic) bond motifs is 1. The van der Waals surface area contributed by atoms with Crippen LogP contribution in [0.2, 0.25) is 5.02 Å². The number of rotatable bonds is 8. The van der Waals surface area contributed by atoms with Gasteiger partial charge in [0.1, 0.15) is 13.2 Å². The summed E-state index contributed by atoms with van der Waals surface area (Å²) < 4.78 is 11.2. The van der Waals surface area contributed by atoms with Crippen LogP contribution in [-0.2, 0) is 22.6 Å². The number of imide groups is 1. The average molecular weight is 513 g/mol. The smallest absolute Gasteiger partial charge is 0.294 e. The van der Waals surface area contributed by atoms with E-state index in [4.69, 9.17) is 21.1 Å². The van der Waals surface area contributed by atoms with Gasteiger partial charge in [0.05, 0.1) is 16.5 Å². The van der Waals surface area contributed by atoms with E-state index in [-0.39, 0.29) is 24.0 Å². The molecule has 0 saturated carbocycles. The molecule has 0 radical (unpaired) electrons. The second-order valence-electron chi connectivity index (χ2n) is 7.96. The highest BCUT2D eigenvalue weighted by Gasteiger charge is 2.37. The summed E-state index contributed by atoms with van der Waals surface area (Å²) in [7, 11) is 0. The number of benzene rings is 2. The summed E-state index contributed by atoms with van der Waals surface area (Å²) in [6.07, 6.45) is 3.91. The molecule has 35 heavy (non-hydrogen) atoms. The molecule has 4 rings (SSSR count). The van der Waals surface area contributed by atoms with Crippen molar-refractivity contribution in [2.75, 3.05) is 26.3 Å². The van der Waals surface area contributed by atoms with Crippen molar-refractivity contribution in [3.8, 4) is 11.5 Å². The van der Waals surface area contributed by atoms with Gasteiger partial charge in [0.2, 0.25) is 5.91 Å². The van der Waals surface area contributed by atoms with E-state index in [9.17, 15) is 14.4 Å². The first-order chi connectivity index (χ1) is 16.9. The molecule has 1 fully saturated rings. The lowest BCUT2D eigenvalue weighted by Crippen LogP contribution is -2.44. The first kappa shape index (κ1) is 24.9. The highest BCUT2D eigenvalue weighted by molar-refractivity contribution is 8.18. The van der Waals surface area contributed by atoms with Crippen molar-refractivity contribution in [3.05, 3.63) is 75.7 Å². The number of thioether (sulfide) groups is 1. The second kappa shape index (κ2) is 11.0. The number of amides is 3. The van der Waals surface area contributed by atoms with Crippen molar-refractivity contribution >= 4 is 46.5 Å². The minimum atomic E-state index is -0.508. The number of nitrogens with zero attached hydrogens (tertiary/aromatic N) is 2. The van der Waals surface area contributed by atoms with Crippen molar-refractivity contribution < 1.29 is 23.9 Å². The number of carbonyl (C=O) groups excluding carboxylic acids is 3. The van der Waals surface area contributed by atoms with Crippen molar-refractivity contribution in [3.63, 3.8) is 0 Å². The van der Waals surface area contributed by atoms with E-state index >= 15 is 0 Å². The van der Waals surface area contributed by atoms with Crippen LogP contribution < -0.4 is 9.47 Å². The summed E-state index contributed by atoms with van der Waals surface area (Å²) >= 11 is 7.18. The zero-order valence-corrected chi connectivity index (χ0v) is 20.9. The number of ether oxygens (including phenoxy) is 2. The van der Waals surface area contributed by atoms with E-state index in [0.29, 0.717) is 41.8 Å². The van der Waals surface area contributed by atoms with Gasteiger partial charge in [-0.05, 0) is 60.0 Å². The molecule has 2 aromatic carbocycles. The number of hydrogen-bond acceptors (Lipinski definition) is 6. The van der Waals surface area contributed by atoms with Gasteiger partial charge in [-0.2, -0.15) is 0 Å². The molecule has 2 aromatic rings. The monoisotopic (exact) mass is 512 g/mol. The van der Waals surface area contributed by atoms with Gasteiger partial charge in [-0.15, -0.1) is 0 Å². The normalized spacial score (nSPS) is 16.5. The minimum absolute atomic E-state index is 0.213. The van der Waals surface area contributed by atoms with E-state index in [0.717, 1.165) is 28.6 Å². The molecule has 0 atom stereocenters. The van der Waals surface area contributed by atoms with Gasteiger partial charge in [-0.1, -0.05) is 48.5 Å². The summed E-state index contributed by atoms with van der Waals surface area (Å²) in [5.41, 5.74) is 2.88. The molecule has 2 aliphatic rings. The van der Waals surface area contributed by atoms with Gasteiger partial charge in [-0.3, -0.25) is 19.3 Å². The minimum Gasteiger partial charge on any atom is -0.490 e.